The van der Waals surface area contributed by atoms with Crippen molar-refractivity contribution < 1.29 is 9.32 Å². The van der Waals surface area contributed by atoms with E-state index in [1.54, 1.807) is 18.5 Å². The zero-order chi connectivity index (χ0) is 16.2. The quantitative estimate of drug-likeness (QED) is 0.797. The summed E-state index contributed by atoms with van der Waals surface area (Å²) in [6.45, 7) is 1.99. The van der Waals surface area contributed by atoms with Gasteiger partial charge in [0.15, 0.2) is 0 Å². The largest absolute Gasteiger partial charge is 0.384 e. The number of pyridine rings is 1. The van der Waals surface area contributed by atoms with Crippen LogP contribution < -0.4 is 0 Å². The SMILES string of the molecule is Cc1ccc(S(=O)c2cnccc2[C@@H](O)c2ccccc2)cc1. The molecule has 1 heterocycles. The van der Waals surface area contributed by atoms with Gasteiger partial charge in [-0.25, -0.2) is 4.21 Å². The van der Waals surface area contributed by atoms with Crippen molar-refractivity contribution in [1.29, 1.82) is 0 Å². The number of rotatable bonds is 4. The summed E-state index contributed by atoms with van der Waals surface area (Å²) < 4.78 is 12.9. The zero-order valence-electron chi connectivity index (χ0n) is 12.7. The first-order valence-electron chi connectivity index (χ1n) is 7.32. The van der Waals surface area contributed by atoms with E-state index >= 15 is 0 Å². The molecule has 1 unspecified atom stereocenters. The van der Waals surface area contributed by atoms with Gasteiger partial charge in [-0.1, -0.05) is 48.0 Å². The fraction of sp³-hybridized carbons (Fsp3) is 0.105. The third-order valence-electron chi connectivity index (χ3n) is 3.66. The molecule has 0 aliphatic carbocycles. The van der Waals surface area contributed by atoms with Crippen LogP contribution in [0.15, 0.2) is 82.8 Å². The average Bonchev–Trinajstić information content (AvgIpc) is 2.62. The molecule has 0 amide bonds. The number of aliphatic hydroxyl groups excluding tert-OH is 1. The number of aromatic nitrogens is 1. The Balaban J connectivity index is 2.01. The summed E-state index contributed by atoms with van der Waals surface area (Å²) in [4.78, 5) is 5.32. The maximum absolute atomic E-state index is 12.9. The predicted octanol–water partition coefficient (Wildman–Crippen LogP) is 3.64. The Morgan fingerprint density at radius 2 is 1.70 bits per heavy atom. The van der Waals surface area contributed by atoms with E-state index in [-0.39, 0.29) is 0 Å². The van der Waals surface area contributed by atoms with Crippen LogP contribution in [0.2, 0.25) is 0 Å². The Kier molecular flexibility index (Phi) is 4.65. The minimum atomic E-state index is -1.38. The lowest BCUT2D eigenvalue weighted by molar-refractivity contribution is 0.217. The Morgan fingerprint density at radius 1 is 1.00 bits per heavy atom. The maximum Gasteiger partial charge on any atom is 0.105 e. The van der Waals surface area contributed by atoms with Crippen molar-refractivity contribution in [1.82, 2.24) is 4.98 Å². The summed E-state index contributed by atoms with van der Waals surface area (Å²) in [7, 11) is -1.38. The van der Waals surface area contributed by atoms with Crippen LogP contribution in [0, 0.1) is 6.92 Å². The lowest BCUT2D eigenvalue weighted by Crippen LogP contribution is -2.06. The molecule has 4 heteroatoms. The van der Waals surface area contributed by atoms with E-state index in [9.17, 15) is 9.32 Å². The molecule has 2 atom stereocenters. The Bertz CT molecular complexity index is 816. The van der Waals surface area contributed by atoms with E-state index in [1.807, 2.05) is 61.5 Å². The van der Waals surface area contributed by atoms with E-state index < -0.39 is 16.9 Å². The molecular formula is C19H17NO2S. The minimum Gasteiger partial charge on any atom is -0.384 e. The average molecular weight is 323 g/mol. The number of benzene rings is 2. The normalized spacial score (nSPS) is 13.5. The van der Waals surface area contributed by atoms with Gasteiger partial charge >= 0.3 is 0 Å². The van der Waals surface area contributed by atoms with Crippen molar-refractivity contribution in [3.05, 3.63) is 89.7 Å². The first-order chi connectivity index (χ1) is 11.2. The molecule has 23 heavy (non-hydrogen) atoms. The van der Waals surface area contributed by atoms with Gasteiger partial charge in [0.2, 0.25) is 0 Å². The van der Waals surface area contributed by atoms with Crippen LogP contribution in [0.5, 0.6) is 0 Å². The monoisotopic (exact) mass is 323 g/mol. The van der Waals surface area contributed by atoms with Gasteiger partial charge < -0.3 is 5.11 Å². The van der Waals surface area contributed by atoms with Gasteiger partial charge in [-0.3, -0.25) is 4.98 Å². The summed E-state index contributed by atoms with van der Waals surface area (Å²) in [5.41, 5.74) is 2.49. The summed E-state index contributed by atoms with van der Waals surface area (Å²) in [6.07, 6.45) is 2.35. The van der Waals surface area contributed by atoms with Crippen molar-refractivity contribution in [3.63, 3.8) is 0 Å². The predicted molar refractivity (Wildman–Crippen MR) is 90.6 cm³/mol. The maximum atomic E-state index is 12.9. The van der Waals surface area contributed by atoms with Crippen molar-refractivity contribution in [2.45, 2.75) is 22.8 Å². The van der Waals surface area contributed by atoms with Crippen LogP contribution in [-0.2, 0) is 10.8 Å². The highest BCUT2D eigenvalue weighted by molar-refractivity contribution is 7.85. The Labute approximate surface area is 138 Å². The number of aryl methyl sites for hydroxylation is 1. The summed E-state index contributed by atoms with van der Waals surface area (Å²) in [5.74, 6) is 0. The summed E-state index contributed by atoms with van der Waals surface area (Å²) >= 11 is 0. The molecule has 0 saturated heterocycles. The van der Waals surface area contributed by atoms with E-state index in [0.717, 1.165) is 11.1 Å². The molecule has 116 valence electrons. The first-order valence-corrected chi connectivity index (χ1v) is 8.47. The lowest BCUT2D eigenvalue weighted by atomic mass is 10.0. The fourth-order valence-corrected chi connectivity index (χ4v) is 3.56. The number of aliphatic hydroxyl groups is 1. The lowest BCUT2D eigenvalue weighted by Gasteiger charge is -2.15. The Morgan fingerprint density at radius 3 is 2.39 bits per heavy atom. The molecule has 0 radical (unpaired) electrons. The van der Waals surface area contributed by atoms with Gasteiger partial charge in [0, 0.05) is 22.9 Å². The van der Waals surface area contributed by atoms with Gasteiger partial charge in [0.25, 0.3) is 0 Å². The minimum absolute atomic E-state index is 0.535. The van der Waals surface area contributed by atoms with Crippen LogP contribution in [0.25, 0.3) is 0 Å². The molecular weight excluding hydrogens is 306 g/mol. The third-order valence-corrected chi connectivity index (χ3v) is 5.10. The van der Waals surface area contributed by atoms with Crippen molar-refractivity contribution >= 4 is 10.8 Å². The Hall–Kier alpha value is -2.30. The van der Waals surface area contributed by atoms with Crippen LogP contribution in [0.1, 0.15) is 22.8 Å². The van der Waals surface area contributed by atoms with E-state index in [4.69, 9.17) is 0 Å². The highest BCUT2D eigenvalue weighted by atomic mass is 32.2. The van der Waals surface area contributed by atoms with Crippen LogP contribution >= 0.6 is 0 Å². The summed E-state index contributed by atoms with van der Waals surface area (Å²) in [5, 5.41) is 10.7. The first kappa shape index (κ1) is 15.6. The van der Waals surface area contributed by atoms with Crippen molar-refractivity contribution in [2.75, 3.05) is 0 Å². The highest BCUT2D eigenvalue weighted by Crippen LogP contribution is 2.28. The molecule has 0 aliphatic rings. The molecule has 3 aromatic rings. The number of hydrogen-bond acceptors (Lipinski definition) is 3. The second kappa shape index (κ2) is 6.86. The molecule has 3 nitrogen and oxygen atoms in total. The van der Waals surface area contributed by atoms with E-state index in [1.165, 1.54) is 0 Å². The molecule has 0 saturated carbocycles. The standard InChI is InChI=1S/C19H17NO2S/c1-14-7-9-16(10-8-14)23(22)18-13-20-12-11-17(18)19(21)15-5-3-2-4-6-15/h2-13,19,21H,1H3/t19-,23?/m0/s1. The van der Waals surface area contributed by atoms with Gasteiger partial charge in [-0.05, 0) is 30.7 Å². The zero-order valence-corrected chi connectivity index (χ0v) is 13.5. The van der Waals surface area contributed by atoms with Gasteiger partial charge in [-0.2, -0.15) is 0 Å². The van der Waals surface area contributed by atoms with E-state index in [2.05, 4.69) is 4.98 Å². The molecule has 0 fully saturated rings. The fourth-order valence-electron chi connectivity index (χ4n) is 2.38. The highest BCUT2D eigenvalue weighted by Gasteiger charge is 2.19. The molecule has 2 aromatic carbocycles. The number of nitrogens with zero attached hydrogens (tertiary/aromatic N) is 1. The molecule has 0 spiro atoms. The molecule has 0 aliphatic heterocycles. The molecule has 0 bridgehead atoms. The van der Waals surface area contributed by atoms with Gasteiger partial charge in [-0.15, -0.1) is 0 Å². The smallest absolute Gasteiger partial charge is 0.105 e. The van der Waals surface area contributed by atoms with Crippen molar-refractivity contribution in [3.8, 4) is 0 Å². The molecule has 1 N–H and O–H groups in total. The van der Waals surface area contributed by atoms with Gasteiger partial charge in [0.1, 0.15) is 6.10 Å². The van der Waals surface area contributed by atoms with Crippen LogP contribution in [0.4, 0.5) is 0 Å². The second-order valence-electron chi connectivity index (χ2n) is 5.31. The van der Waals surface area contributed by atoms with Gasteiger partial charge in [0.05, 0.1) is 15.7 Å². The summed E-state index contributed by atoms with van der Waals surface area (Å²) in [6, 6.07) is 18.6. The van der Waals surface area contributed by atoms with Crippen LogP contribution in [-0.4, -0.2) is 14.3 Å². The van der Waals surface area contributed by atoms with E-state index in [0.29, 0.717) is 15.4 Å². The third kappa shape index (κ3) is 3.38. The molecule has 3 rings (SSSR count). The topological polar surface area (TPSA) is 50.2 Å². The van der Waals surface area contributed by atoms with Crippen molar-refractivity contribution in [2.24, 2.45) is 0 Å². The number of hydrogen-bond donors (Lipinski definition) is 1. The second-order valence-corrected chi connectivity index (χ2v) is 6.76. The van der Waals surface area contributed by atoms with Crippen LogP contribution in [0.3, 0.4) is 0 Å². The molecule has 1 aromatic heterocycles.